The van der Waals surface area contributed by atoms with Crippen molar-refractivity contribution in [3.05, 3.63) is 54.6 Å². The van der Waals surface area contributed by atoms with E-state index in [4.69, 9.17) is 34.8 Å². The lowest BCUT2D eigenvalue weighted by Gasteiger charge is -2.25. The SMILES string of the molecule is O=C(O)N(CC(Cl)(Cl)Cl)c1ccccc1-c1ccccc1. The minimum absolute atomic E-state index is 0.253. The Hall–Kier alpha value is -1.42. The molecule has 2 aromatic carbocycles. The third kappa shape index (κ3) is 4.27. The number of alkyl halides is 3. The lowest BCUT2D eigenvalue weighted by Crippen LogP contribution is -2.37. The number of amides is 1. The van der Waals surface area contributed by atoms with Crippen molar-refractivity contribution in [3.8, 4) is 11.1 Å². The summed E-state index contributed by atoms with van der Waals surface area (Å²) in [5.41, 5.74) is 2.13. The fourth-order valence-electron chi connectivity index (χ4n) is 2.01. The predicted molar refractivity (Wildman–Crippen MR) is 87.5 cm³/mol. The van der Waals surface area contributed by atoms with Crippen molar-refractivity contribution in [2.75, 3.05) is 11.4 Å². The molecule has 2 aromatic rings. The van der Waals surface area contributed by atoms with Crippen LogP contribution in [0.2, 0.25) is 0 Å². The molecule has 0 saturated heterocycles. The summed E-state index contributed by atoms with van der Waals surface area (Å²) in [7, 11) is 0. The van der Waals surface area contributed by atoms with Gasteiger partial charge in [-0.05, 0) is 11.6 Å². The Kier molecular flexibility index (Phi) is 4.99. The maximum Gasteiger partial charge on any atom is 0.411 e. The van der Waals surface area contributed by atoms with Gasteiger partial charge in [0.2, 0.25) is 3.79 Å². The quantitative estimate of drug-likeness (QED) is 0.777. The number of halogens is 3. The Morgan fingerprint density at radius 1 is 1.00 bits per heavy atom. The van der Waals surface area contributed by atoms with E-state index >= 15 is 0 Å². The molecule has 0 saturated carbocycles. The average Bonchev–Trinajstić information content (AvgIpc) is 2.45. The molecule has 0 unspecified atom stereocenters. The molecule has 0 bridgehead atoms. The maximum atomic E-state index is 11.5. The summed E-state index contributed by atoms with van der Waals surface area (Å²) < 4.78 is -1.69. The second-order valence-corrected chi connectivity index (χ2v) is 6.88. The number of benzene rings is 2. The number of rotatable bonds is 3. The summed E-state index contributed by atoms with van der Waals surface area (Å²) in [6, 6.07) is 16.5. The van der Waals surface area contributed by atoms with Gasteiger partial charge in [0.15, 0.2) is 0 Å². The molecule has 1 amide bonds. The molecule has 6 heteroatoms. The van der Waals surface area contributed by atoms with E-state index in [1.165, 1.54) is 0 Å². The highest BCUT2D eigenvalue weighted by atomic mass is 35.6. The van der Waals surface area contributed by atoms with E-state index in [9.17, 15) is 9.90 Å². The minimum Gasteiger partial charge on any atom is -0.465 e. The molecule has 0 fully saturated rings. The first-order valence-electron chi connectivity index (χ1n) is 6.10. The molecule has 2 rings (SSSR count). The molecule has 3 nitrogen and oxygen atoms in total. The zero-order valence-electron chi connectivity index (χ0n) is 10.8. The van der Waals surface area contributed by atoms with Gasteiger partial charge >= 0.3 is 6.09 Å². The lowest BCUT2D eigenvalue weighted by molar-refractivity contribution is 0.202. The van der Waals surface area contributed by atoms with Gasteiger partial charge in [-0.15, -0.1) is 0 Å². The van der Waals surface area contributed by atoms with Gasteiger partial charge in [0.05, 0.1) is 12.2 Å². The van der Waals surface area contributed by atoms with E-state index in [-0.39, 0.29) is 6.54 Å². The maximum absolute atomic E-state index is 11.5. The van der Waals surface area contributed by atoms with Gasteiger partial charge in [0, 0.05) is 5.56 Å². The molecule has 21 heavy (non-hydrogen) atoms. The number of nitrogens with zero attached hydrogens (tertiary/aromatic N) is 1. The van der Waals surface area contributed by atoms with Gasteiger partial charge in [-0.1, -0.05) is 83.3 Å². The topological polar surface area (TPSA) is 40.5 Å². The van der Waals surface area contributed by atoms with Crippen LogP contribution in [0, 0.1) is 0 Å². The fourth-order valence-corrected chi connectivity index (χ4v) is 2.36. The second-order valence-electron chi connectivity index (χ2n) is 4.37. The standard InChI is InChI=1S/C15H12Cl3NO2/c16-15(17,18)10-19(14(20)21)13-9-5-4-8-12(13)11-6-2-1-3-7-11/h1-9H,10H2,(H,20,21). The van der Waals surface area contributed by atoms with Crippen molar-refractivity contribution in [2.24, 2.45) is 0 Å². The minimum atomic E-state index is -1.69. The summed E-state index contributed by atoms with van der Waals surface area (Å²) in [5, 5.41) is 9.41. The van der Waals surface area contributed by atoms with Gasteiger partial charge in [-0.25, -0.2) is 4.79 Å². The van der Waals surface area contributed by atoms with Crippen LogP contribution in [-0.4, -0.2) is 21.5 Å². The number of para-hydroxylation sites is 1. The van der Waals surface area contributed by atoms with E-state index < -0.39 is 9.89 Å². The summed E-state index contributed by atoms with van der Waals surface area (Å²) in [6.07, 6.45) is -1.18. The Labute approximate surface area is 137 Å². The summed E-state index contributed by atoms with van der Waals surface area (Å²) in [5.74, 6) is 0. The fraction of sp³-hybridized carbons (Fsp3) is 0.133. The molecule has 0 atom stereocenters. The average molecular weight is 345 g/mol. The van der Waals surface area contributed by atoms with Crippen LogP contribution in [0.5, 0.6) is 0 Å². The summed E-state index contributed by atoms with van der Waals surface area (Å²) in [6.45, 7) is -0.253. The van der Waals surface area contributed by atoms with Gasteiger partial charge in [-0.2, -0.15) is 0 Å². The van der Waals surface area contributed by atoms with Crippen LogP contribution in [0.1, 0.15) is 0 Å². The third-order valence-corrected chi connectivity index (χ3v) is 3.21. The van der Waals surface area contributed by atoms with Crippen LogP contribution < -0.4 is 4.90 Å². The van der Waals surface area contributed by atoms with E-state index in [0.29, 0.717) is 5.69 Å². The molecular weight excluding hydrogens is 333 g/mol. The zero-order valence-corrected chi connectivity index (χ0v) is 13.1. The second kappa shape index (κ2) is 6.56. The molecule has 110 valence electrons. The molecular formula is C15H12Cl3NO2. The van der Waals surface area contributed by atoms with Crippen molar-refractivity contribution < 1.29 is 9.90 Å². The monoisotopic (exact) mass is 343 g/mol. The number of hydrogen-bond donors (Lipinski definition) is 1. The number of carbonyl (C=O) groups is 1. The Balaban J connectivity index is 2.49. The largest absolute Gasteiger partial charge is 0.465 e. The highest BCUT2D eigenvalue weighted by Gasteiger charge is 2.29. The Bertz CT molecular complexity index is 626. The molecule has 0 heterocycles. The van der Waals surface area contributed by atoms with Crippen LogP contribution in [0.15, 0.2) is 54.6 Å². The van der Waals surface area contributed by atoms with Crippen LogP contribution in [-0.2, 0) is 0 Å². The molecule has 0 aromatic heterocycles. The summed E-state index contributed by atoms with van der Waals surface area (Å²) >= 11 is 17.2. The zero-order chi connectivity index (χ0) is 15.5. The Morgan fingerprint density at radius 3 is 2.14 bits per heavy atom. The van der Waals surface area contributed by atoms with Gasteiger partial charge in [-0.3, -0.25) is 4.90 Å². The van der Waals surface area contributed by atoms with Gasteiger partial charge in [0.25, 0.3) is 0 Å². The van der Waals surface area contributed by atoms with Crippen molar-refractivity contribution in [1.82, 2.24) is 0 Å². The van der Waals surface area contributed by atoms with E-state index in [2.05, 4.69) is 0 Å². The van der Waals surface area contributed by atoms with E-state index in [0.717, 1.165) is 16.0 Å². The number of anilines is 1. The molecule has 0 aliphatic rings. The summed E-state index contributed by atoms with van der Waals surface area (Å²) in [4.78, 5) is 12.5. The van der Waals surface area contributed by atoms with Crippen molar-refractivity contribution in [3.63, 3.8) is 0 Å². The number of carboxylic acid groups (broad SMARTS) is 1. The van der Waals surface area contributed by atoms with E-state index in [1.807, 2.05) is 42.5 Å². The predicted octanol–water partition coefficient (Wildman–Crippen LogP) is 5.21. The molecule has 0 aliphatic heterocycles. The normalized spacial score (nSPS) is 11.2. The smallest absolute Gasteiger partial charge is 0.411 e. The molecule has 0 spiro atoms. The molecule has 0 radical (unpaired) electrons. The first-order valence-corrected chi connectivity index (χ1v) is 7.23. The lowest BCUT2D eigenvalue weighted by atomic mass is 10.0. The van der Waals surface area contributed by atoms with Crippen molar-refractivity contribution in [1.29, 1.82) is 0 Å². The number of hydrogen-bond acceptors (Lipinski definition) is 1. The molecule has 0 aliphatic carbocycles. The van der Waals surface area contributed by atoms with Gasteiger partial charge in [0.1, 0.15) is 0 Å². The van der Waals surface area contributed by atoms with Crippen LogP contribution in [0.4, 0.5) is 10.5 Å². The van der Waals surface area contributed by atoms with E-state index in [1.54, 1.807) is 12.1 Å². The van der Waals surface area contributed by atoms with Crippen molar-refractivity contribution in [2.45, 2.75) is 3.79 Å². The highest BCUT2D eigenvalue weighted by molar-refractivity contribution is 6.68. The van der Waals surface area contributed by atoms with Gasteiger partial charge < -0.3 is 5.11 Å². The van der Waals surface area contributed by atoms with Crippen LogP contribution in [0.3, 0.4) is 0 Å². The highest BCUT2D eigenvalue weighted by Crippen LogP contribution is 2.34. The Morgan fingerprint density at radius 2 is 1.57 bits per heavy atom. The first kappa shape index (κ1) is 16.0. The third-order valence-electron chi connectivity index (χ3n) is 2.85. The first-order chi connectivity index (χ1) is 9.88. The van der Waals surface area contributed by atoms with Crippen LogP contribution in [0.25, 0.3) is 11.1 Å². The van der Waals surface area contributed by atoms with Crippen molar-refractivity contribution >= 4 is 46.6 Å². The molecule has 1 N–H and O–H groups in total. The van der Waals surface area contributed by atoms with Crippen LogP contribution >= 0.6 is 34.8 Å².